The molecule has 1 fully saturated rings. The van der Waals surface area contributed by atoms with Crippen molar-refractivity contribution in [3.8, 4) is 0 Å². The highest BCUT2D eigenvalue weighted by Crippen LogP contribution is 2.30. The summed E-state index contributed by atoms with van der Waals surface area (Å²) in [6, 6.07) is -0.584. The van der Waals surface area contributed by atoms with Crippen LogP contribution in [-0.2, 0) is 4.79 Å². The zero-order valence-corrected chi connectivity index (χ0v) is 8.03. The number of nitro groups is 1. The number of hydrogen-bond donors (Lipinski definition) is 0. The van der Waals surface area contributed by atoms with E-state index < -0.39 is 6.04 Å². The minimum Gasteiger partial charge on any atom is -0.300 e. The Hall–Kier alpha value is -0.930. The smallest absolute Gasteiger partial charge is 0.213 e. The summed E-state index contributed by atoms with van der Waals surface area (Å²) < 4.78 is 0. The lowest BCUT2D eigenvalue weighted by molar-refractivity contribution is -0.529. The molecule has 4 heteroatoms. The number of rotatable bonds is 2. The molecule has 2 unspecified atom stereocenters. The summed E-state index contributed by atoms with van der Waals surface area (Å²) in [5.74, 6) is 0.422. The molecule has 0 aromatic rings. The van der Waals surface area contributed by atoms with Crippen LogP contribution < -0.4 is 0 Å². The van der Waals surface area contributed by atoms with Crippen molar-refractivity contribution in [2.24, 2.45) is 11.8 Å². The zero-order valence-electron chi connectivity index (χ0n) is 8.03. The molecule has 0 saturated heterocycles. The lowest BCUT2D eigenvalue weighted by atomic mass is 9.76. The van der Waals surface area contributed by atoms with Crippen LogP contribution in [0.3, 0.4) is 0 Å². The molecule has 1 aliphatic rings. The minimum absolute atomic E-state index is 0.0590. The van der Waals surface area contributed by atoms with Gasteiger partial charge in [-0.2, -0.15) is 0 Å². The SMILES string of the molecule is CC1CCC(=O)C[C@@H]1C(C)[N+](=O)[O-]. The predicted molar refractivity (Wildman–Crippen MR) is 48.0 cm³/mol. The monoisotopic (exact) mass is 185 g/mol. The highest BCUT2D eigenvalue weighted by molar-refractivity contribution is 5.79. The average molecular weight is 185 g/mol. The molecule has 0 spiro atoms. The Morgan fingerprint density at radius 2 is 2.23 bits per heavy atom. The summed E-state index contributed by atoms with van der Waals surface area (Å²) >= 11 is 0. The molecular weight excluding hydrogens is 170 g/mol. The van der Waals surface area contributed by atoms with Crippen molar-refractivity contribution in [1.82, 2.24) is 0 Å². The lowest BCUT2D eigenvalue weighted by Gasteiger charge is -2.28. The van der Waals surface area contributed by atoms with Gasteiger partial charge >= 0.3 is 0 Å². The third-order valence-electron chi connectivity index (χ3n) is 3.02. The summed E-state index contributed by atoms with van der Waals surface area (Å²) in [6.07, 6.45) is 1.80. The van der Waals surface area contributed by atoms with Crippen molar-refractivity contribution >= 4 is 5.78 Å². The second-order valence-corrected chi connectivity index (χ2v) is 3.95. The first kappa shape index (κ1) is 10.2. The summed E-state index contributed by atoms with van der Waals surface area (Å²) in [5, 5.41) is 10.5. The van der Waals surface area contributed by atoms with Gasteiger partial charge in [-0.05, 0) is 12.3 Å². The maximum absolute atomic E-state index is 11.1. The fourth-order valence-electron chi connectivity index (χ4n) is 1.97. The fraction of sp³-hybridized carbons (Fsp3) is 0.889. The van der Waals surface area contributed by atoms with Crippen molar-refractivity contribution in [3.05, 3.63) is 10.1 Å². The van der Waals surface area contributed by atoms with E-state index in [1.54, 1.807) is 6.92 Å². The van der Waals surface area contributed by atoms with Crippen LogP contribution in [0, 0.1) is 22.0 Å². The summed E-state index contributed by atoms with van der Waals surface area (Å²) in [4.78, 5) is 21.4. The average Bonchev–Trinajstić information content (AvgIpc) is 2.08. The number of hydrogen-bond acceptors (Lipinski definition) is 3. The summed E-state index contributed by atoms with van der Waals surface area (Å²) in [5.41, 5.74) is 0. The Balaban J connectivity index is 2.65. The van der Waals surface area contributed by atoms with Gasteiger partial charge in [0.05, 0.1) is 0 Å². The van der Waals surface area contributed by atoms with E-state index in [1.807, 2.05) is 6.92 Å². The van der Waals surface area contributed by atoms with E-state index >= 15 is 0 Å². The van der Waals surface area contributed by atoms with E-state index in [-0.39, 0.29) is 16.6 Å². The quantitative estimate of drug-likeness (QED) is 0.485. The third kappa shape index (κ3) is 2.26. The molecule has 1 saturated carbocycles. The molecule has 0 heterocycles. The van der Waals surface area contributed by atoms with Crippen molar-refractivity contribution in [3.63, 3.8) is 0 Å². The molecule has 74 valence electrons. The molecular formula is C9H15NO3. The molecule has 1 aliphatic carbocycles. The van der Waals surface area contributed by atoms with Crippen LogP contribution in [0.15, 0.2) is 0 Å². The Kier molecular flexibility index (Phi) is 3.01. The summed E-state index contributed by atoms with van der Waals surface area (Å²) in [6.45, 7) is 3.59. The second-order valence-electron chi connectivity index (χ2n) is 3.95. The van der Waals surface area contributed by atoms with Crippen LogP contribution in [-0.4, -0.2) is 16.7 Å². The number of nitrogens with zero attached hydrogens (tertiary/aromatic N) is 1. The maximum Gasteiger partial charge on any atom is 0.213 e. The number of carbonyl (C=O) groups is 1. The van der Waals surface area contributed by atoms with Crippen LogP contribution >= 0.6 is 0 Å². The van der Waals surface area contributed by atoms with Crippen molar-refractivity contribution in [2.45, 2.75) is 39.2 Å². The van der Waals surface area contributed by atoms with Crippen LogP contribution in [0.5, 0.6) is 0 Å². The van der Waals surface area contributed by atoms with Gasteiger partial charge in [-0.25, -0.2) is 0 Å². The predicted octanol–water partition coefficient (Wildman–Crippen LogP) is 1.66. The maximum atomic E-state index is 11.1. The van der Waals surface area contributed by atoms with Crippen LogP contribution in [0.1, 0.15) is 33.1 Å². The number of carbonyl (C=O) groups excluding carboxylic acids is 1. The van der Waals surface area contributed by atoms with E-state index in [9.17, 15) is 14.9 Å². The van der Waals surface area contributed by atoms with Gasteiger partial charge in [0.25, 0.3) is 0 Å². The van der Waals surface area contributed by atoms with E-state index in [4.69, 9.17) is 0 Å². The van der Waals surface area contributed by atoms with Gasteiger partial charge in [-0.1, -0.05) is 6.92 Å². The van der Waals surface area contributed by atoms with Crippen molar-refractivity contribution in [2.75, 3.05) is 0 Å². The molecule has 0 amide bonds. The first-order valence-corrected chi connectivity index (χ1v) is 4.67. The Morgan fingerprint density at radius 3 is 2.77 bits per heavy atom. The summed E-state index contributed by atoms with van der Waals surface area (Å²) in [7, 11) is 0. The van der Waals surface area contributed by atoms with Crippen LogP contribution in [0.25, 0.3) is 0 Å². The van der Waals surface area contributed by atoms with E-state index in [0.717, 1.165) is 6.42 Å². The largest absolute Gasteiger partial charge is 0.300 e. The molecule has 3 atom stereocenters. The lowest BCUT2D eigenvalue weighted by Crippen LogP contribution is -2.35. The zero-order chi connectivity index (χ0) is 10.0. The third-order valence-corrected chi connectivity index (χ3v) is 3.02. The van der Waals surface area contributed by atoms with Crippen LogP contribution in [0.2, 0.25) is 0 Å². The normalized spacial score (nSPS) is 31.4. The Bertz CT molecular complexity index is 225. The van der Waals surface area contributed by atoms with Gasteiger partial charge in [0.15, 0.2) is 0 Å². The number of Topliss-reactive ketones (excluding diaryl/α,β-unsaturated/α-hetero) is 1. The molecule has 0 bridgehead atoms. The topological polar surface area (TPSA) is 60.2 Å². The molecule has 0 aromatic carbocycles. The molecule has 13 heavy (non-hydrogen) atoms. The highest BCUT2D eigenvalue weighted by atomic mass is 16.6. The van der Waals surface area contributed by atoms with Gasteiger partial charge in [0.1, 0.15) is 5.78 Å². The molecule has 0 aromatic heterocycles. The van der Waals surface area contributed by atoms with Crippen molar-refractivity contribution < 1.29 is 9.72 Å². The van der Waals surface area contributed by atoms with Crippen LogP contribution in [0.4, 0.5) is 0 Å². The second kappa shape index (κ2) is 3.85. The minimum atomic E-state index is -0.584. The molecule has 0 N–H and O–H groups in total. The van der Waals surface area contributed by atoms with E-state index in [0.29, 0.717) is 18.8 Å². The van der Waals surface area contributed by atoms with Gasteiger partial charge in [0, 0.05) is 30.6 Å². The highest BCUT2D eigenvalue weighted by Gasteiger charge is 2.36. The molecule has 0 aliphatic heterocycles. The van der Waals surface area contributed by atoms with Gasteiger partial charge in [-0.15, -0.1) is 0 Å². The molecule has 1 rings (SSSR count). The Morgan fingerprint density at radius 1 is 1.62 bits per heavy atom. The van der Waals surface area contributed by atoms with E-state index in [1.165, 1.54) is 0 Å². The van der Waals surface area contributed by atoms with E-state index in [2.05, 4.69) is 0 Å². The standard InChI is InChI=1S/C9H15NO3/c1-6-3-4-8(11)5-9(6)7(2)10(12)13/h6-7,9H,3-5H2,1-2H3/t6?,7?,9-/m0/s1. The first-order valence-electron chi connectivity index (χ1n) is 4.67. The first-order chi connectivity index (χ1) is 6.02. The van der Waals surface area contributed by atoms with Crippen molar-refractivity contribution in [1.29, 1.82) is 0 Å². The van der Waals surface area contributed by atoms with Gasteiger partial charge < -0.3 is 0 Å². The Labute approximate surface area is 77.5 Å². The van der Waals surface area contributed by atoms with Gasteiger partial charge in [0.2, 0.25) is 6.04 Å². The van der Waals surface area contributed by atoms with Gasteiger partial charge in [-0.3, -0.25) is 14.9 Å². The molecule has 4 nitrogen and oxygen atoms in total. The molecule has 0 radical (unpaired) electrons. The number of ketones is 1. The fourth-order valence-corrected chi connectivity index (χ4v) is 1.97.